The van der Waals surface area contributed by atoms with E-state index >= 15 is 0 Å². The number of fused-ring (bicyclic) bond motifs is 1. The molecule has 2 rings (SSSR count). The summed E-state index contributed by atoms with van der Waals surface area (Å²) in [5.74, 6) is 0.0774. The lowest BCUT2D eigenvalue weighted by molar-refractivity contribution is -0.127. The van der Waals surface area contributed by atoms with Gasteiger partial charge in [-0.25, -0.2) is 0 Å². The molecule has 21 heavy (non-hydrogen) atoms. The van der Waals surface area contributed by atoms with E-state index in [1.807, 2.05) is 18.2 Å². The van der Waals surface area contributed by atoms with E-state index in [4.69, 9.17) is 11.6 Å². The van der Waals surface area contributed by atoms with Crippen LogP contribution in [0.2, 0.25) is 5.02 Å². The Morgan fingerprint density at radius 1 is 1.38 bits per heavy atom. The smallest absolute Gasteiger partial charge is 0.223 e. The molecule has 5 heteroatoms. The van der Waals surface area contributed by atoms with Crippen molar-refractivity contribution in [1.29, 1.82) is 0 Å². The molecule has 0 saturated heterocycles. The molecule has 2 amide bonds. The van der Waals surface area contributed by atoms with Gasteiger partial charge in [0.05, 0.1) is 0 Å². The Bertz CT molecular complexity index is 588. The maximum atomic E-state index is 11.9. The molecule has 0 bridgehead atoms. The number of benzene rings is 1. The van der Waals surface area contributed by atoms with Gasteiger partial charge in [0.1, 0.15) is 0 Å². The second-order valence-electron chi connectivity index (χ2n) is 6.02. The van der Waals surface area contributed by atoms with Gasteiger partial charge in [0.25, 0.3) is 0 Å². The topological polar surface area (TPSA) is 40.6 Å². The van der Waals surface area contributed by atoms with Crippen LogP contribution in [0.3, 0.4) is 0 Å². The van der Waals surface area contributed by atoms with E-state index < -0.39 is 0 Å². The largest absolute Gasteiger partial charge is 0.346 e. The summed E-state index contributed by atoms with van der Waals surface area (Å²) in [7, 11) is 1.79. The molecule has 0 saturated carbocycles. The fraction of sp³-hybridized carbons (Fsp3) is 0.500. The van der Waals surface area contributed by atoms with E-state index in [9.17, 15) is 9.59 Å². The van der Waals surface area contributed by atoms with Gasteiger partial charge in [0, 0.05) is 50.1 Å². The first-order valence-corrected chi connectivity index (χ1v) is 7.42. The van der Waals surface area contributed by atoms with Crippen LogP contribution in [0.1, 0.15) is 32.8 Å². The van der Waals surface area contributed by atoms with Crippen LogP contribution < -0.4 is 4.90 Å². The van der Waals surface area contributed by atoms with Gasteiger partial charge in [-0.1, -0.05) is 18.5 Å². The van der Waals surface area contributed by atoms with E-state index in [0.29, 0.717) is 18.1 Å². The van der Waals surface area contributed by atoms with Gasteiger partial charge in [-0.3, -0.25) is 9.59 Å². The third kappa shape index (κ3) is 3.05. The standard InChI is InChI=1S/C16H21ClN2O2/c1-11(20)18(4)8-7-16(3)10-19(12(2)21)15-6-5-13(17)9-14(15)16/h5-6,9H,7-8,10H2,1-4H3. The quantitative estimate of drug-likeness (QED) is 0.861. The first-order valence-electron chi connectivity index (χ1n) is 7.04. The fourth-order valence-electron chi connectivity index (χ4n) is 2.81. The summed E-state index contributed by atoms with van der Waals surface area (Å²) in [5.41, 5.74) is 1.83. The van der Waals surface area contributed by atoms with Crippen molar-refractivity contribution >= 4 is 29.1 Å². The van der Waals surface area contributed by atoms with Crippen molar-refractivity contribution in [1.82, 2.24) is 4.90 Å². The number of hydrogen-bond donors (Lipinski definition) is 0. The van der Waals surface area contributed by atoms with Gasteiger partial charge in [0.15, 0.2) is 0 Å². The van der Waals surface area contributed by atoms with E-state index in [1.54, 1.807) is 30.7 Å². The monoisotopic (exact) mass is 308 g/mol. The van der Waals surface area contributed by atoms with Crippen LogP contribution in [0.25, 0.3) is 0 Å². The highest BCUT2D eigenvalue weighted by molar-refractivity contribution is 6.30. The molecule has 1 aromatic carbocycles. The molecule has 1 aromatic rings. The average Bonchev–Trinajstić information content (AvgIpc) is 2.70. The Labute approximate surface area is 130 Å². The highest BCUT2D eigenvalue weighted by Gasteiger charge is 2.40. The molecule has 4 nitrogen and oxygen atoms in total. The minimum absolute atomic E-state index is 0.0298. The Morgan fingerprint density at radius 2 is 2.05 bits per heavy atom. The number of anilines is 1. The van der Waals surface area contributed by atoms with Crippen molar-refractivity contribution in [2.45, 2.75) is 32.6 Å². The molecule has 0 aromatic heterocycles. The summed E-state index contributed by atoms with van der Waals surface area (Å²) >= 11 is 6.12. The zero-order chi connectivity index (χ0) is 15.8. The number of amides is 2. The summed E-state index contributed by atoms with van der Waals surface area (Å²) in [6, 6.07) is 5.65. The number of carbonyl (C=O) groups is 2. The first kappa shape index (κ1) is 15.8. The van der Waals surface area contributed by atoms with Gasteiger partial charge in [0.2, 0.25) is 11.8 Å². The van der Waals surface area contributed by atoms with Crippen LogP contribution in [0.4, 0.5) is 5.69 Å². The normalized spacial score (nSPS) is 20.3. The lowest BCUT2D eigenvalue weighted by Gasteiger charge is -2.28. The van der Waals surface area contributed by atoms with Gasteiger partial charge in [-0.15, -0.1) is 0 Å². The predicted molar refractivity (Wildman–Crippen MR) is 84.8 cm³/mol. The van der Waals surface area contributed by atoms with Crippen molar-refractivity contribution in [3.63, 3.8) is 0 Å². The van der Waals surface area contributed by atoms with Gasteiger partial charge in [-0.2, -0.15) is 0 Å². The van der Waals surface area contributed by atoms with Crippen molar-refractivity contribution in [2.75, 3.05) is 25.0 Å². The number of halogens is 1. The zero-order valence-corrected chi connectivity index (χ0v) is 13.7. The lowest BCUT2D eigenvalue weighted by Crippen LogP contribution is -2.37. The van der Waals surface area contributed by atoms with Gasteiger partial charge in [-0.05, 0) is 30.2 Å². The second-order valence-corrected chi connectivity index (χ2v) is 6.45. The Hall–Kier alpha value is -1.55. The third-order valence-electron chi connectivity index (χ3n) is 4.32. The fourth-order valence-corrected chi connectivity index (χ4v) is 2.99. The first-order chi connectivity index (χ1) is 9.74. The summed E-state index contributed by atoms with van der Waals surface area (Å²) in [6.45, 7) is 6.54. The highest BCUT2D eigenvalue weighted by Crippen LogP contribution is 2.44. The number of carbonyl (C=O) groups excluding carboxylic acids is 2. The average molecular weight is 309 g/mol. The molecule has 0 aliphatic carbocycles. The minimum Gasteiger partial charge on any atom is -0.346 e. The van der Waals surface area contributed by atoms with Crippen LogP contribution in [-0.2, 0) is 15.0 Å². The van der Waals surface area contributed by atoms with Crippen LogP contribution in [0.15, 0.2) is 18.2 Å². The van der Waals surface area contributed by atoms with Gasteiger partial charge < -0.3 is 9.80 Å². The van der Waals surface area contributed by atoms with Crippen LogP contribution in [0, 0.1) is 0 Å². The number of rotatable bonds is 3. The summed E-state index contributed by atoms with van der Waals surface area (Å²) < 4.78 is 0. The molecule has 1 unspecified atom stereocenters. The lowest BCUT2D eigenvalue weighted by atomic mass is 9.81. The van der Waals surface area contributed by atoms with Crippen LogP contribution in [-0.4, -0.2) is 36.9 Å². The van der Waals surface area contributed by atoms with Crippen LogP contribution in [0.5, 0.6) is 0 Å². The van der Waals surface area contributed by atoms with Crippen molar-refractivity contribution < 1.29 is 9.59 Å². The Balaban J connectivity index is 2.31. The molecule has 1 aliphatic rings. The summed E-state index contributed by atoms with van der Waals surface area (Å²) in [6.07, 6.45) is 0.792. The Morgan fingerprint density at radius 3 is 2.62 bits per heavy atom. The number of nitrogens with zero attached hydrogens (tertiary/aromatic N) is 2. The molecule has 0 fully saturated rings. The third-order valence-corrected chi connectivity index (χ3v) is 4.56. The maximum Gasteiger partial charge on any atom is 0.223 e. The highest BCUT2D eigenvalue weighted by atomic mass is 35.5. The maximum absolute atomic E-state index is 11.9. The van der Waals surface area contributed by atoms with Crippen molar-refractivity contribution in [2.24, 2.45) is 0 Å². The molecule has 0 N–H and O–H groups in total. The Kier molecular flexibility index (Phi) is 4.28. The SMILES string of the molecule is CC(=O)N(C)CCC1(C)CN(C(C)=O)c2ccc(Cl)cc21. The predicted octanol–water partition coefficient (Wildman–Crippen LogP) is 2.83. The number of hydrogen-bond acceptors (Lipinski definition) is 2. The molecular formula is C16H21ClN2O2. The minimum atomic E-state index is -0.185. The van der Waals surface area contributed by atoms with E-state index in [1.165, 1.54) is 0 Å². The second kappa shape index (κ2) is 5.68. The van der Waals surface area contributed by atoms with Crippen molar-refractivity contribution in [3.05, 3.63) is 28.8 Å². The summed E-state index contributed by atoms with van der Waals surface area (Å²) in [4.78, 5) is 26.7. The molecule has 0 spiro atoms. The molecule has 1 aliphatic heterocycles. The molecule has 1 atom stereocenters. The van der Waals surface area contributed by atoms with Crippen LogP contribution >= 0.6 is 11.6 Å². The van der Waals surface area contributed by atoms with Gasteiger partial charge >= 0.3 is 0 Å². The molecule has 114 valence electrons. The van der Waals surface area contributed by atoms with Crippen molar-refractivity contribution in [3.8, 4) is 0 Å². The van der Waals surface area contributed by atoms with E-state index in [-0.39, 0.29) is 17.2 Å². The molecular weight excluding hydrogens is 288 g/mol. The summed E-state index contributed by atoms with van der Waals surface area (Å²) in [5, 5.41) is 0.672. The van der Waals surface area contributed by atoms with E-state index in [2.05, 4.69) is 6.92 Å². The zero-order valence-electron chi connectivity index (χ0n) is 12.9. The molecule has 0 radical (unpaired) electrons. The van der Waals surface area contributed by atoms with E-state index in [0.717, 1.165) is 17.7 Å². The molecule has 1 heterocycles.